The Morgan fingerprint density at radius 3 is 2.08 bits per heavy atom. The van der Waals surface area contributed by atoms with Crippen LogP contribution in [0, 0.1) is 0 Å². The molecule has 0 saturated carbocycles. The van der Waals surface area contributed by atoms with E-state index in [0.29, 0.717) is 16.3 Å². The Labute approximate surface area is 228 Å². The topological polar surface area (TPSA) is 136 Å². The molecule has 0 aliphatic carbocycles. The second-order valence-electron chi connectivity index (χ2n) is 8.74. The summed E-state index contributed by atoms with van der Waals surface area (Å²) in [5, 5.41) is 0.401. The highest BCUT2D eigenvalue weighted by Gasteiger charge is 2.26. The Hall–Kier alpha value is -2.64. The summed E-state index contributed by atoms with van der Waals surface area (Å²) in [5.74, 6) is -2.06. The predicted octanol–water partition coefficient (Wildman–Crippen LogP) is 3.16. The average Bonchev–Trinajstić information content (AvgIpc) is 2.83. The standard InChI is InChI=1S/C25H27ClN2O7S3/c1-36(30,31)15-4-16-37(32,33)19-25(29)21-8-6-20(7-9-21)17-28(18-23-5-2-3-14-27-23)38(34,35)24-12-10-22(26)11-13-24/h2-3,5-14H,4,15-19H2,1H3. The molecular weight excluding hydrogens is 572 g/mol. The Kier molecular flexibility index (Phi) is 9.82. The molecular formula is C25H27ClN2O7S3. The molecule has 1 heterocycles. The van der Waals surface area contributed by atoms with Crippen molar-refractivity contribution in [1.29, 1.82) is 0 Å². The molecule has 0 atom stereocenters. The van der Waals surface area contributed by atoms with Gasteiger partial charge in [0, 0.05) is 29.6 Å². The fraction of sp³-hybridized carbons (Fsp3) is 0.280. The largest absolute Gasteiger partial charge is 0.293 e. The van der Waals surface area contributed by atoms with Gasteiger partial charge in [-0.1, -0.05) is 41.9 Å². The lowest BCUT2D eigenvalue weighted by Crippen LogP contribution is -2.30. The number of hydrogen-bond acceptors (Lipinski definition) is 8. The van der Waals surface area contributed by atoms with E-state index in [9.17, 15) is 30.0 Å². The third kappa shape index (κ3) is 8.98. The second kappa shape index (κ2) is 12.5. The van der Waals surface area contributed by atoms with E-state index in [2.05, 4.69) is 4.98 Å². The van der Waals surface area contributed by atoms with E-state index >= 15 is 0 Å². The van der Waals surface area contributed by atoms with E-state index in [1.165, 1.54) is 40.7 Å². The Morgan fingerprint density at radius 1 is 0.842 bits per heavy atom. The quantitative estimate of drug-likeness (QED) is 0.274. The number of benzene rings is 2. The van der Waals surface area contributed by atoms with Crippen LogP contribution in [-0.4, -0.2) is 63.8 Å². The molecule has 204 valence electrons. The van der Waals surface area contributed by atoms with Gasteiger partial charge in [-0.2, -0.15) is 4.31 Å². The number of nitrogens with zero attached hydrogens (tertiary/aromatic N) is 2. The van der Waals surface area contributed by atoms with Crippen LogP contribution in [0.3, 0.4) is 0 Å². The first-order chi connectivity index (χ1) is 17.7. The molecule has 0 saturated heterocycles. The molecule has 0 N–H and O–H groups in total. The van der Waals surface area contributed by atoms with Crippen LogP contribution in [0.5, 0.6) is 0 Å². The Morgan fingerprint density at radius 2 is 1.50 bits per heavy atom. The van der Waals surface area contributed by atoms with Crippen LogP contribution >= 0.6 is 11.6 Å². The van der Waals surface area contributed by atoms with Crippen molar-refractivity contribution in [1.82, 2.24) is 9.29 Å². The maximum Gasteiger partial charge on any atom is 0.243 e. The molecule has 9 nitrogen and oxygen atoms in total. The van der Waals surface area contributed by atoms with Crippen LogP contribution in [-0.2, 0) is 42.8 Å². The number of aromatic nitrogens is 1. The summed E-state index contributed by atoms with van der Waals surface area (Å²) in [6.45, 7) is -0.0298. The van der Waals surface area contributed by atoms with Crippen LogP contribution in [0.4, 0.5) is 0 Å². The number of halogens is 1. The summed E-state index contributed by atoms with van der Waals surface area (Å²) in [6.07, 6.45) is 2.50. The van der Waals surface area contributed by atoms with Crippen LogP contribution in [0.25, 0.3) is 0 Å². The second-order valence-corrected chi connectivity index (χ2v) is 15.6. The van der Waals surface area contributed by atoms with Gasteiger partial charge in [-0.3, -0.25) is 9.78 Å². The number of carbonyl (C=O) groups excluding carboxylic acids is 1. The molecule has 0 aliphatic rings. The van der Waals surface area contributed by atoms with Crippen LogP contribution in [0.15, 0.2) is 77.8 Å². The van der Waals surface area contributed by atoms with E-state index in [1.54, 1.807) is 36.5 Å². The van der Waals surface area contributed by atoms with E-state index in [-0.39, 0.29) is 35.7 Å². The number of sulfonamides is 1. The van der Waals surface area contributed by atoms with E-state index in [1.807, 2.05) is 0 Å². The maximum atomic E-state index is 13.4. The molecule has 0 unspecified atom stereocenters. The fourth-order valence-electron chi connectivity index (χ4n) is 3.55. The summed E-state index contributed by atoms with van der Waals surface area (Å²) in [4.78, 5) is 16.8. The molecule has 1 aromatic heterocycles. The van der Waals surface area contributed by atoms with Gasteiger partial charge >= 0.3 is 0 Å². The first-order valence-electron chi connectivity index (χ1n) is 11.4. The predicted molar refractivity (Wildman–Crippen MR) is 146 cm³/mol. The number of carbonyl (C=O) groups is 1. The maximum absolute atomic E-state index is 13.4. The Balaban J connectivity index is 1.76. The fourth-order valence-corrected chi connectivity index (χ4v) is 7.22. The summed E-state index contributed by atoms with van der Waals surface area (Å²) < 4.78 is 75.0. The highest BCUT2D eigenvalue weighted by atomic mass is 35.5. The number of pyridine rings is 1. The van der Waals surface area contributed by atoms with Gasteiger partial charge in [-0.15, -0.1) is 0 Å². The minimum atomic E-state index is -3.94. The first kappa shape index (κ1) is 29.9. The number of hydrogen-bond donors (Lipinski definition) is 0. The monoisotopic (exact) mass is 598 g/mol. The highest BCUT2D eigenvalue weighted by Crippen LogP contribution is 2.22. The van der Waals surface area contributed by atoms with Crippen molar-refractivity contribution in [2.75, 3.05) is 23.5 Å². The van der Waals surface area contributed by atoms with Crippen molar-refractivity contribution in [3.63, 3.8) is 0 Å². The van der Waals surface area contributed by atoms with Gasteiger partial charge in [-0.25, -0.2) is 25.3 Å². The third-order valence-electron chi connectivity index (χ3n) is 5.47. The minimum absolute atomic E-state index is 0.00178. The van der Waals surface area contributed by atoms with Crippen LogP contribution in [0.2, 0.25) is 5.02 Å². The van der Waals surface area contributed by atoms with Crippen molar-refractivity contribution in [3.8, 4) is 0 Å². The summed E-state index contributed by atoms with van der Waals surface area (Å²) >= 11 is 5.92. The lowest BCUT2D eigenvalue weighted by molar-refractivity contribution is 0.102. The van der Waals surface area contributed by atoms with Gasteiger partial charge in [0.2, 0.25) is 10.0 Å². The van der Waals surface area contributed by atoms with Gasteiger partial charge in [0.15, 0.2) is 15.6 Å². The molecule has 0 bridgehead atoms. The minimum Gasteiger partial charge on any atom is -0.293 e. The molecule has 0 fully saturated rings. The smallest absolute Gasteiger partial charge is 0.243 e. The van der Waals surface area contributed by atoms with Gasteiger partial charge in [-0.05, 0) is 48.4 Å². The van der Waals surface area contributed by atoms with E-state index in [0.717, 1.165) is 6.26 Å². The van der Waals surface area contributed by atoms with Crippen molar-refractivity contribution < 1.29 is 30.0 Å². The van der Waals surface area contributed by atoms with Crippen molar-refractivity contribution in [2.24, 2.45) is 0 Å². The molecule has 0 spiro atoms. The molecule has 0 amide bonds. The number of Topliss-reactive ketones (excluding diaryl/α,β-unsaturated/α-hetero) is 1. The van der Waals surface area contributed by atoms with Gasteiger partial charge in [0.1, 0.15) is 15.6 Å². The molecule has 0 aliphatic heterocycles. The zero-order valence-electron chi connectivity index (χ0n) is 20.5. The van der Waals surface area contributed by atoms with Gasteiger partial charge in [0.05, 0.1) is 28.6 Å². The molecule has 3 rings (SSSR count). The molecule has 3 aromatic rings. The van der Waals surface area contributed by atoms with Crippen molar-refractivity contribution in [3.05, 3.63) is 94.8 Å². The van der Waals surface area contributed by atoms with Crippen molar-refractivity contribution >= 4 is 47.1 Å². The molecule has 0 radical (unpaired) electrons. The van der Waals surface area contributed by atoms with Crippen LogP contribution in [0.1, 0.15) is 28.0 Å². The zero-order valence-corrected chi connectivity index (χ0v) is 23.7. The normalized spacial score (nSPS) is 12.5. The van der Waals surface area contributed by atoms with Gasteiger partial charge in [0.25, 0.3) is 0 Å². The SMILES string of the molecule is CS(=O)(=O)CCCS(=O)(=O)CC(=O)c1ccc(CN(Cc2ccccn2)S(=O)(=O)c2ccc(Cl)cc2)cc1. The average molecular weight is 599 g/mol. The summed E-state index contributed by atoms with van der Waals surface area (Å²) in [6, 6.07) is 17.0. The zero-order chi connectivity index (χ0) is 28.0. The first-order valence-corrected chi connectivity index (χ1v) is 17.1. The summed E-state index contributed by atoms with van der Waals surface area (Å²) in [7, 11) is -11.0. The number of sulfone groups is 2. The van der Waals surface area contributed by atoms with Crippen LogP contribution < -0.4 is 0 Å². The lowest BCUT2D eigenvalue weighted by atomic mass is 10.1. The van der Waals surface area contributed by atoms with Crippen molar-refractivity contribution in [2.45, 2.75) is 24.4 Å². The molecule has 2 aromatic carbocycles. The molecule has 13 heteroatoms. The van der Waals surface area contributed by atoms with E-state index in [4.69, 9.17) is 11.6 Å². The van der Waals surface area contributed by atoms with Gasteiger partial charge < -0.3 is 0 Å². The lowest BCUT2D eigenvalue weighted by Gasteiger charge is -2.22. The van der Waals surface area contributed by atoms with E-state index < -0.39 is 47.0 Å². The Bertz CT molecular complexity index is 1570. The third-order valence-corrected chi connectivity index (χ3v) is 10.2. The molecule has 38 heavy (non-hydrogen) atoms. The highest BCUT2D eigenvalue weighted by molar-refractivity contribution is 7.92. The number of ketones is 1. The summed E-state index contributed by atoms with van der Waals surface area (Å²) in [5.41, 5.74) is 1.27. The number of rotatable bonds is 13.